The first kappa shape index (κ1) is 96.8. The fourth-order valence-electron chi connectivity index (χ4n) is 20.0. The number of phenolic OH excluding ortho intramolecular Hbond substituents is 18. The van der Waals surface area contributed by atoms with E-state index in [1.165, 1.54) is 109 Å². The first-order chi connectivity index (χ1) is 67.9. The molecule has 4 aliphatic heterocycles. The van der Waals surface area contributed by atoms with Gasteiger partial charge in [-0.1, -0.05) is 0 Å². The fourth-order valence-corrected chi connectivity index (χ4v) is 20.0. The molecule has 0 radical (unpaired) electrons. The predicted octanol–water partition coefficient (Wildman–Crippen LogP) is 21.5. The Labute approximate surface area is 818 Å². The van der Waals surface area contributed by atoms with E-state index in [0.717, 1.165) is 0 Å². The van der Waals surface area contributed by atoms with Crippen molar-refractivity contribution < 1.29 is 110 Å². The summed E-state index contributed by atoms with van der Waals surface area (Å²) in [4.78, 5) is 45.5. The SMILES string of the molecule is Cc1cc(O)cc(O)c1-c1c(N)cc2oc3cc(=N)c(-c4c(C)cc(O)cc4O)c(C)c-3nc2c1C.Cc1cc(O)cc(O)c1-c1c(N)cc2oc3cc(=N)c(-c4c(C)cc(O)cc4O)c(C)c-3nc2c1C.Cc1cc(O)cc(O)c1-c1c(O)cc2oc3cc(=O)c(-c4c(C)cc(O)cc4O)c(C)c-3nc2c1C.Cc1cc(O)cc(O)c1-c1c(O)cc2oc3cc(=O)c(-c4c(C)cc(O)cc4O)c(C)c-3nc2c1C. The molecule has 12 aromatic carbocycles. The second-order valence-corrected chi connectivity index (χ2v) is 36.2. The molecule has 728 valence electrons. The third kappa shape index (κ3) is 16.5. The number of hydrogen-bond acceptors (Lipinski definition) is 32. The van der Waals surface area contributed by atoms with Crippen LogP contribution in [0.2, 0.25) is 0 Å². The molecular formula is C112H96N8O24. The fraction of sp³-hybridized carbons (Fsp3) is 0.143. The maximum Gasteiger partial charge on any atom is 0.190 e. The van der Waals surface area contributed by atoms with E-state index in [0.29, 0.717) is 246 Å². The van der Waals surface area contributed by atoms with Gasteiger partial charge in [-0.25, -0.2) is 19.9 Å². The molecule has 0 saturated heterocycles. The van der Waals surface area contributed by atoms with Crippen molar-refractivity contribution in [3.8, 4) is 238 Å². The Bertz CT molecular complexity index is 7860. The maximum atomic E-state index is 13.1. The Morgan fingerprint density at radius 3 is 0.597 bits per heavy atom. The largest absolute Gasteiger partial charge is 0.508 e. The molecule has 32 heteroatoms. The summed E-state index contributed by atoms with van der Waals surface area (Å²) in [6.07, 6.45) is 0. The summed E-state index contributed by atoms with van der Waals surface area (Å²) in [5, 5.41) is 202. The number of rotatable bonds is 8. The molecule has 24 N–H and O–H groups in total. The van der Waals surface area contributed by atoms with Crippen molar-refractivity contribution in [2.45, 2.75) is 111 Å². The van der Waals surface area contributed by atoms with Crippen LogP contribution in [-0.4, -0.2) is 112 Å². The van der Waals surface area contributed by atoms with Crippen molar-refractivity contribution in [1.82, 2.24) is 19.9 Å². The molecule has 0 amide bonds. The van der Waals surface area contributed by atoms with Gasteiger partial charge in [0.1, 0.15) is 148 Å². The number of nitrogen functional groups attached to an aromatic ring is 2. The van der Waals surface area contributed by atoms with Gasteiger partial charge in [0.05, 0.1) is 10.7 Å². The van der Waals surface area contributed by atoms with Crippen molar-refractivity contribution in [3.63, 3.8) is 0 Å². The molecule has 8 aliphatic rings. The summed E-state index contributed by atoms with van der Waals surface area (Å²) >= 11 is 0. The van der Waals surface area contributed by atoms with Crippen molar-refractivity contribution in [2.75, 3.05) is 11.5 Å². The van der Waals surface area contributed by atoms with Crippen LogP contribution in [0.3, 0.4) is 0 Å². The van der Waals surface area contributed by atoms with Crippen LogP contribution in [0.15, 0.2) is 173 Å². The second-order valence-electron chi connectivity index (χ2n) is 36.2. The van der Waals surface area contributed by atoms with Gasteiger partial charge in [0.15, 0.2) is 56.2 Å². The summed E-state index contributed by atoms with van der Waals surface area (Å²) < 4.78 is 24.3. The van der Waals surface area contributed by atoms with E-state index in [1.54, 1.807) is 133 Å². The number of aromatic nitrogens is 4. The maximum absolute atomic E-state index is 13.1. The zero-order valence-corrected chi connectivity index (χ0v) is 80.3. The number of fused-ring (bicyclic) bond motifs is 8. The summed E-state index contributed by atoms with van der Waals surface area (Å²) in [5.74, 6) is -1.11. The van der Waals surface area contributed by atoms with Crippen LogP contribution in [0.4, 0.5) is 11.4 Å². The summed E-state index contributed by atoms with van der Waals surface area (Å²) in [7, 11) is 0. The minimum absolute atomic E-state index is 0.0491. The topological polar surface area (TPSA) is 602 Å². The summed E-state index contributed by atoms with van der Waals surface area (Å²) in [6.45, 7) is 27.9. The summed E-state index contributed by atoms with van der Waals surface area (Å²) in [6, 6.07) is 33.5. The van der Waals surface area contributed by atoms with Gasteiger partial charge in [0, 0.05) is 197 Å². The van der Waals surface area contributed by atoms with E-state index in [2.05, 4.69) is 0 Å². The van der Waals surface area contributed by atoms with Gasteiger partial charge in [0.2, 0.25) is 0 Å². The first-order valence-electron chi connectivity index (χ1n) is 44.8. The molecular weight excluding hydrogens is 1840 g/mol. The van der Waals surface area contributed by atoms with Crippen LogP contribution in [0.5, 0.6) is 103 Å². The molecule has 0 bridgehead atoms. The molecule has 32 nitrogen and oxygen atoms in total. The van der Waals surface area contributed by atoms with Crippen LogP contribution >= 0.6 is 0 Å². The van der Waals surface area contributed by atoms with E-state index in [9.17, 15) is 102 Å². The van der Waals surface area contributed by atoms with E-state index in [-0.39, 0.29) is 148 Å². The molecule has 12 aromatic rings. The van der Waals surface area contributed by atoms with Crippen LogP contribution in [-0.2, 0) is 0 Å². The standard InChI is InChI=1S/2C28H25N3O5.2C28H23NO7/c2*1-11-5-15(32)7-19(34)23(11)25-13(3)27-21(9-17(25)29)36-22-10-18(30)26(14(4)28(22)31-27)24-12(2)6-16(33)8-20(24)35;2*1-11-5-15(30)7-17(32)23(11)25-13(3)27-21(9-19(25)34)36-22-10-20(35)26(14(4)28(22)29-27)24-12(2)6-16(31)8-18(24)33/h2*5-10,29,32-35H,30H2,1-4H3;2*5-10,30-34H,1-4H3. The molecule has 4 heterocycles. The van der Waals surface area contributed by atoms with Crippen molar-refractivity contribution in [3.05, 3.63) is 266 Å². The molecule has 0 saturated carbocycles. The van der Waals surface area contributed by atoms with Gasteiger partial charge in [-0.3, -0.25) is 9.59 Å². The van der Waals surface area contributed by atoms with Crippen LogP contribution in [0.25, 0.3) is 179 Å². The lowest BCUT2D eigenvalue weighted by Crippen LogP contribution is -2.11. The molecule has 0 unspecified atom stereocenters. The number of anilines is 2. The third-order valence-electron chi connectivity index (χ3n) is 26.2. The van der Waals surface area contributed by atoms with Crippen molar-refractivity contribution in [1.29, 1.82) is 10.8 Å². The zero-order valence-electron chi connectivity index (χ0n) is 80.3. The number of nitrogens with one attached hydrogen (secondary N) is 2. The lowest BCUT2D eigenvalue weighted by atomic mass is 9.91. The van der Waals surface area contributed by atoms with Gasteiger partial charge in [0.25, 0.3) is 0 Å². The Kier molecular flexibility index (Phi) is 24.1. The lowest BCUT2D eigenvalue weighted by Gasteiger charge is -2.19. The minimum Gasteiger partial charge on any atom is -0.508 e. The Hall–Kier alpha value is -18.9. The molecule has 144 heavy (non-hydrogen) atoms. The van der Waals surface area contributed by atoms with Gasteiger partial charge in [-0.15, -0.1) is 0 Å². The average Bonchev–Trinajstić information content (AvgIpc) is 0.743. The molecule has 0 aromatic heterocycles. The van der Waals surface area contributed by atoms with Gasteiger partial charge >= 0.3 is 0 Å². The number of nitrogens with two attached hydrogens (primary N) is 2. The lowest BCUT2D eigenvalue weighted by molar-refractivity contribution is 0.448. The Morgan fingerprint density at radius 1 is 0.201 bits per heavy atom. The highest BCUT2D eigenvalue weighted by Gasteiger charge is 2.33. The first-order valence-corrected chi connectivity index (χ1v) is 44.8. The molecule has 4 aliphatic carbocycles. The van der Waals surface area contributed by atoms with Gasteiger partial charge < -0.3 is 132 Å². The number of aryl methyl sites for hydroxylation is 12. The monoisotopic (exact) mass is 1940 g/mol. The van der Waals surface area contributed by atoms with Crippen molar-refractivity contribution in [2.24, 2.45) is 0 Å². The smallest absolute Gasteiger partial charge is 0.190 e. The van der Waals surface area contributed by atoms with E-state index in [1.807, 2.05) is 13.8 Å². The average molecular weight is 1940 g/mol. The third-order valence-corrected chi connectivity index (χ3v) is 26.2. The number of nitrogens with zero attached hydrogens (tertiary/aromatic N) is 4. The molecule has 0 spiro atoms. The van der Waals surface area contributed by atoms with Gasteiger partial charge in [-0.05, 0) is 248 Å². The molecule has 0 fully saturated rings. The minimum atomic E-state index is -0.392. The zero-order chi connectivity index (χ0) is 104. The predicted molar refractivity (Wildman–Crippen MR) is 545 cm³/mol. The number of phenols is 18. The highest BCUT2D eigenvalue weighted by Crippen LogP contribution is 2.53. The summed E-state index contributed by atoms with van der Waals surface area (Å²) in [5.41, 5.74) is 33.5. The highest BCUT2D eigenvalue weighted by molar-refractivity contribution is 6.01. The van der Waals surface area contributed by atoms with E-state index >= 15 is 0 Å². The molecule has 20 rings (SSSR count). The van der Waals surface area contributed by atoms with Crippen LogP contribution in [0.1, 0.15) is 89.0 Å². The van der Waals surface area contributed by atoms with Crippen LogP contribution < -0.4 is 33.0 Å². The Morgan fingerprint density at radius 2 is 0.375 bits per heavy atom. The van der Waals surface area contributed by atoms with Crippen LogP contribution in [0, 0.1) is 122 Å². The van der Waals surface area contributed by atoms with E-state index in [4.69, 9.17) is 59.9 Å². The number of aromatic hydroxyl groups is 18. The normalized spacial score (nSPS) is 11.4. The van der Waals surface area contributed by atoms with Gasteiger partial charge in [-0.2, -0.15) is 0 Å². The number of benzene rings is 16. The second kappa shape index (κ2) is 35.8. The number of hydrogen-bond donors (Lipinski definition) is 22. The molecule has 0 atom stereocenters. The highest BCUT2D eigenvalue weighted by atomic mass is 16.4. The van der Waals surface area contributed by atoms with Crippen molar-refractivity contribution >= 4 is 55.8 Å². The van der Waals surface area contributed by atoms with E-state index < -0.39 is 10.9 Å². The quantitative estimate of drug-likeness (QED) is 0.0496. The Balaban J connectivity index is 0.000000132.